The zero-order valence-corrected chi connectivity index (χ0v) is 7.75. The van der Waals surface area contributed by atoms with E-state index in [0.717, 1.165) is 6.54 Å². The van der Waals surface area contributed by atoms with Crippen LogP contribution in [0.15, 0.2) is 0 Å². The lowest BCUT2D eigenvalue weighted by Gasteiger charge is -2.27. The number of rotatable bonds is 3. The van der Waals surface area contributed by atoms with E-state index in [1.807, 2.05) is 4.90 Å². The Morgan fingerprint density at radius 2 is 2.08 bits per heavy atom. The van der Waals surface area contributed by atoms with Crippen molar-refractivity contribution in [1.82, 2.24) is 4.90 Å². The van der Waals surface area contributed by atoms with Crippen LogP contribution in [0, 0.1) is 0 Å². The Morgan fingerprint density at radius 1 is 1.50 bits per heavy atom. The van der Waals surface area contributed by atoms with Crippen LogP contribution in [0.5, 0.6) is 0 Å². The van der Waals surface area contributed by atoms with Gasteiger partial charge in [-0.3, -0.25) is 4.79 Å². The first-order valence-corrected chi connectivity index (χ1v) is 4.73. The zero-order chi connectivity index (χ0) is 8.97. The van der Waals surface area contributed by atoms with E-state index in [1.54, 1.807) is 6.92 Å². The van der Waals surface area contributed by atoms with Crippen molar-refractivity contribution >= 4 is 5.91 Å². The van der Waals surface area contributed by atoms with E-state index in [0.29, 0.717) is 12.6 Å². The van der Waals surface area contributed by atoms with Gasteiger partial charge in [0.25, 0.3) is 0 Å². The van der Waals surface area contributed by atoms with Crippen LogP contribution in [0.1, 0.15) is 32.6 Å². The Morgan fingerprint density at radius 3 is 2.50 bits per heavy atom. The first-order valence-electron chi connectivity index (χ1n) is 4.73. The molecule has 0 aliphatic heterocycles. The van der Waals surface area contributed by atoms with Crippen molar-refractivity contribution < 1.29 is 4.79 Å². The molecule has 0 aromatic carbocycles. The molecule has 12 heavy (non-hydrogen) atoms. The van der Waals surface area contributed by atoms with E-state index >= 15 is 0 Å². The average Bonchev–Trinajstić information content (AvgIpc) is 2.51. The molecule has 0 unspecified atom stereocenters. The molecule has 1 rings (SSSR count). The Bertz CT molecular complexity index is 153. The summed E-state index contributed by atoms with van der Waals surface area (Å²) in [5.74, 6) is 0.173. The van der Waals surface area contributed by atoms with Crippen molar-refractivity contribution in [2.24, 2.45) is 5.73 Å². The quantitative estimate of drug-likeness (QED) is 0.679. The van der Waals surface area contributed by atoms with Gasteiger partial charge in [-0.05, 0) is 12.8 Å². The Labute approximate surface area is 73.9 Å². The summed E-state index contributed by atoms with van der Waals surface area (Å²) < 4.78 is 0. The lowest BCUT2D eigenvalue weighted by molar-refractivity contribution is -0.130. The molecular formula is C9H18N2O. The number of carbonyl (C=O) groups excluding carboxylic acids is 1. The van der Waals surface area contributed by atoms with E-state index in [4.69, 9.17) is 5.73 Å². The van der Waals surface area contributed by atoms with Gasteiger partial charge in [0.05, 0.1) is 0 Å². The molecule has 0 heterocycles. The molecule has 0 bridgehead atoms. The summed E-state index contributed by atoms with van der Waals surface area (Å²) in [6.07, 6.45) is 4.86. The molecule has 1 aliphatic rings. The normalized spacial score (nSPS) is 18.2. The van der Waals surface area contributed by atoms with E-state index < -0.39 is 0 Å². The van der Waals surface area contributed by atoms with Crippen LogP contribution in [0.3, 0.4) is 0 Å². The molecular weight excluding hydrogens is 152 g/mol. The van der Waals surface area contributed by atoms with Crippen molar-refractivity contribution in [2.75, 3.05) is 13.1 Å². The van der Waals surface area contributed by atoms with Crippen molar-refractivity contribution in [2.45, 2.75) is 38.6 Å². The van der Waals surface area contributed by atoms with Gasteiger partial charge in [-0.25, -0.2) is 0 Å². The highest BCUT2D eigenvalue weighted by molar-refractivity contribution is 5.73. The lowest BCUT2D eigenvalue weighted by Crippen LogP contribution is -2.40. The third kappa shape index (κ3) is 2.21. The average molecular weight is 170 g/mol. The number of amides is 1. The number of hydrogen-bond acceptors (Lipinski definition) is 2. The number of nitrogens with zero attached hydrogens (tertiary/aromatic N) is 1. The van der Waals surface area contributed by atoms with Gasteiger partial charge in [0, 0.05) is 26.1 Å². The SMILES string of the molecule is CC(=O)N(CCN)C1CCCC1. The predicted octanol–water partition coefficient (Wildman–Crippen LogP) is 0.736. The van der Waals surface area contributed by atoms with Crippen LogP contribution in [0.25, 0.3) is 0 Å². The molecule has 1 fully saturated rings. The van der Waals surface area contributed by atoms with Crippen LogP contribution in [-0.4, -0.2) is 29.9 Å². The third-order valence-electron chi connectivity index (χ3n) is 2.54. The highest BCUT2D eigenvalue weighted by atomic mass is 16.2. The summed E-state index contributed by atoms with van der Waals surface area (Å²) in [5.41, 5.74) is 5.44. The number of carbonyl (C=O) groups is 1. The monoisotopic (exact) mass is 170 g/mol. The van der Waals surface area contributed by atoms with Crippen molar-refractivity contribution in [1.29, 1.82) is 0 Å². The minimum Gasteiger partial charge on any atom is -0.339 e. The summed E-state index contributed by atoms with van der Waals surface area (Å²) >= 11 is 0. The Kier molecular flexibility index (Phi) is 3.53. The molecule has 70 valence electrons. The van der Waals surface area contributed by atoms with Crippen molar-refractivity contribution in [3.05, 3.63) is 0 Å². The highest BCUT2D eigenvalue weighted by Gasteiger charge is 2.23. The summed E-state index contributed by atoms with van der Waals surface area (Å²) in [6.45, 7) is 2.93. The van der Waals surface area contributed by atoms with Crippen molar-refractivity contribution in [3.63, 3.8) is 0 Å². The molecule has 0 spiro atoms. The second-order valence-electron chi connectivity index (χ2n) is 3.44. The lowest BCUT2D eigenvalue weighted by atomic mass is 10.2. The molecule has 0 saturated heterocycles. The zero-order valence-electron chi connectivity index (χ0n) is 7.75. The molecule has 0 aromatic heterocycles. The van der Waals surface area contributed by atoms with Gasteiger partial charge in [0.1, 0.15) is 0 Å². The van der Waals surface area contributed by atoms with Gasteiger partial charge in [0.15, 0.2) is 0 Å². The summed E-state index contributed by atoms with van der Waals surface area (Å²) in [5, 5.41) is 0. The molecule has 0 aromatic rings. The molecule has 1 saturated carbocycles. The van der Waals surface area contributed by atoms with Crippen LogP contribution in [0.4, 0.5) is 0 Å². The van der Waals surface area contributed by atoms with Crippen LogP contribution >= 0.6 is 0 Å². The van der Waals surface area contributed by atoms with Gasteiger partial charge >= 0.3 is 0 Å². The molecule has 1 amide bonds. The largest absolute Gasteiger partial charge is 0.339 e. The fourth-order valence-corrected chi connectivity index (χ4v) is 1.95. The Balaban J connectivity index is 2.45. The maximum atomic E-state index is 11.2. The minimum absolute atomic E-state index is 0.173. The van der Waals surface area contributed by atoms with E-state index in [1.165, 1.54) is 25.7 Å². The molecule has 1 aliphatic carbocycles. The minimum atomic E-state index is 0.173. The van der Waals surface area contributed by atoms with Crippen LogP contribution < -0.4 is 5.73 Å². The van der Waals surface area contributed by atoms with Gasteiger partial charge < -0.3 is 10.6 Å². The smallest absolute Gasteiger partial charge is 0.219 e. The van der Waals surface area contributed by atoms with E-state index in [9.17, 15) is 4.79 Å². The summed E-state index contributed by atoms with van der Waals surface area (Å²) in [7, 11) is 0. The van der Waals surface area contributed by atoms with E-state index in [-0.39, 0.29) is 5.91 Å². The van der Waals surface area contributed by atoms with Crippen LogP contribution in [-0.2, 0) is 4.79 Å². The number of nitrogens with two attached hydrogens (primary N) is 1. The van der Waals surface area contributed by atoms with Crippen molar-refractivity contribution in [3.8, 4) is 0 Å². The summed E-state index contributed by atoms with van der Waals surface area (Å²) in [6, 6.07) is 0.478. The summed E-state index contributed by atoms with van der Waals surface area (Å²) in [4.78, 5) is 13.1. The molecule has 2 N–H and O–H groups in total. The second-order valence-corrected chi connectivity index (χ2v) is 3.44. The third-order valence-corrected chi connectivity index (χ3v) is 2.54. The molecule has 3 heteroatoms. The maximum absolute atomic E-state index is 11.2. The Hall–Kier alpha value is -0.570. The van der Waals surface area contributed by atoms with Gasteiger partial charge in [-0.15, -0.1) is 0 Å². The standard InChI is InChI=1S/C9H18N2O/c1-8(12)11(7-6-10)9-4-2-3-5-9/h9H,2-7,10H2,1H3. The fourth-order valence-electron chi connectivity index (χ4n) is 1.95. The second kappa shape index (κ2) is 4.45. The van der Waals surface area contributed by atoms with Gasteiger partial charge in [0.2, 0.25) is 5.91 Å². The molecule has 3 nitrogen and oxygen atoms in total. The highest BCUT2D eigenvalue weighted by Crippen LogP contribution is 2.23. The predicted molar refractivity (Wildman–Crippen MR) is 48.7 cm³/mol. The van der Waals surface area contributed by atoms with Gasteiger partial charge in [-0.2, -0.15) is 0 Å². The molecule has 0 atom stereocenters. The fraction of sp³-hybridized carbons (Fsp3) is 0.889. The first-order chi connectivity index (χ1) is 5.75. The first kappa shape index (κ1) is 9.52. The van der Waals surface area contributed by atoms with Gasteiger partial charge in [-0.1, -0.05) is 12.8 Å². The maximum Gasteiger partial charge on any atom is 0.219 e. The molecule has 0 radical (unpaired) electrons. The topological polar surface area (TPSA) is 46.3 Å². The van der Waals surface area contributed by atoms with E-state index in [2.05, 4.69) is 0 Å². The number of hydrogen-bond donors (Lipinski definition) is 1. The van der Waals surface area contributed by atoms with Crippen LogP contribution in [0.2, 0.25) is 0 Å².